The van der Waals surface area contributed by atoms with Crippen LogP contribution < -0.4 is 0 Å². The summed E-state index contributed by atoms with van der Waals surface area (Å²) in [6, 6.07) is 0. The lowest BCUT2D eigenvalue weighted by molar-refractivity contribution is -0.124. The summed E-state index contributed by atoms with van der Waals surface area (Å²) in [5.41, 5.74) is 0. The summed E-state index contributed by atoms with van der Waals surface area (Å²) in [6.45, 7) is 2.21. The molecule has 0 saturated heterocycles. The summed E-state index contributed by atoms with van der Waals surface area (Å²) < 4.78 is 21.9. The number of rotatable bonds is 6. The van der Waals surface area contributed by atoms with E-state index in [1.807, 2.05) is 0 Å². The molecule has 1 aliphatic rings. The van der Waals surface area contributed by atoms with Crippen LogP contribution in [-0.4, -0.2) is 26.2 Å². The van der Waals surface area contributed by atoms with Crippen LogP contribution in [-0.2, 0) is 14.6 Å². The van der Waals surface area contributed by atoms with Gasteiger partial charge in [-0.15, -0.1) is 0 Å². The Morgan fingerprint density at radius 3 is 2.24 bits per heavy atom. The van der Waals surface area contributed by atoms with Gasteiger partial charge in [-0.1, -0.05) is 13.3 Å². The zero-order chi connectivity index (χ0) is 12.9. The van der Waals surface area contributed by atoms with E-state index in [0.717, 1.165) is 18.8 Å². The van der Waals surface area contributed by atoms with Crippen molar-refractivity contribution in [3.63, 3.8) is 0 Å². The Hall–Kier alpha value is -0.380. The van der Waals surface area contributed by atoms with E-state index in [1.54, 1.807) is 0 Å². The van der Waals surface area contributed by atoms with Crippen LogP contribution in [0.2, 0.25) is 0 Å². The normalized spacial score (nSPS) is 25.8. The van der Waals surface area contributed by atoms with E-state index in [9.17, 15) is 13.2 Å². The number of hydrogen-bond donors (Lipinski definition) is 0. The molecule has 0 radical (unpaired) electrons. The average Bonchev–Trinajstić information content (AvgIpc) is 2.27. The topological polar surface area (TPSA) is 51.2 Å². The van der Waals surface area contributed by atoms with E-state index in [2.05, 4.69) is 6.92 Å². The highest BCUT2D eigenvalue weighted by Crippen LogP contribution is 2.31. The second-order valence-electron chi connectivity index (χ2n) is 5.33. The van der Waals surface area contributed by atoms with Crippen molar-refractivity contribution in [3.8, 4) is 0 Å². The van der Waals surface area contributed by atoms with Crippen molar-refractivity contribution in [3.05, 3.63) is 0 Å². The first-order valence-corrected chi connectivity index (χ1v) is 8.69. The van der Waals surface area contributed by atoms with Crippen LogP contribution in [0.3, 0.4) is 0 Å². The van der Waals surface area contributed by atoms with Crippen molar-refractivity contribution in [1.82, 2.24) is 0 Å². The highest BCUT2D eigenvalue weighted by atomic mass is 32.2. The minimum absolute atomic E-state index is 0.142. The van der Waals surface area contributed by atoms with Gasteiger partial charge in [-0.3, -0.25) is 4.79 Å². The van der Waals surface area contributed by atoms with Crippen LogP contribution in [0.15, 0.2) is 0 Å². The monoisotopic (exact) mass is 260 g/mol. The van der Waals surface area contributed by atoms with Crippen molar-refractivity contribution >= 4 is 15.6 Å². The Morgan fingerprint density at radius 2 is 1.76 bits per heavy atom. The fraction of sp³-hybridized carbons (Fsp3) is 0.923. The molecule has 0 atom stereocenters. The van der Waals surface area contributed by atoms with Crippen molar-refractivity contribution in [1.29, 1.82) is 0 Å². The lowest BCUT2D eigenvalue weighted by Gasteiger charge is -2.26. The first-order chi connectivity index (χ1) is 7.92. The molecule has 100 valence electrons. The second kappa shape index (κ2) is 6.53. The van der Waals surface area contributed by atoms with E-state index < -0.39 is 9.84 Å². The van der Waals surface area contributed by atoms with Crippen LogP contribution in [0.5, 0.6) is 0 Å². The minimum Gasteiger partial charge on any atom is -0.299 e. The molecule has 3 nitrogen and oxygen atoms in total. The Kier molecular flexibility index (Phi) is 5.63. The molecular formula is C13H24O3S. The lowest BCUT2D eigenvalue weighted by atomic mass is 9.78. The minimum atomic E-state index is -2.92. The number of ketones is 1. The van der Waals surface area contributed by atoms with Gasteiger partial charge in [-0.25, -0.2) is 8.42 Å². The molecule has 0 aromatic rings. The van der Waals surface area contributed by atoms with E-state index in [-0.39, 0.29) is 17.5 Å². The molecule has 0 aliphatic heterocycles. The maximum Gasteiger partial charge on any atom is 0.147 e. The van der Waals surface area contributed by atoms with Crippen LogP contribution in [0.4, 0.5) is 0 Å². The van der Waals surface area contributed by atoms with Crippen LogP contribution in [0, 0.1) is 11.8 Å². The fourth-order valence-electron chi connectivity index (χ4n) is 2.61. The van der Waals surface area contributed by atoms with E-state index in [4.69, 9.17) is 0 Å². The number of hydrogen-bond acceptors (Lipinski definition) is 3. The summed E-state index contributed by atoms with van der Waals surface area (Å²) in [4.78, 5) is 11.9. The maximum atomic E-state index is 11.9. The molecule has 0 unspecified atom stereocenters. The molecule has 1 rings (SSSR count). The van der Waals surface area contributed by atoms with Gasteiger partial charge in [0.2, 0.25) is 0 Å². The van der Waals surface area contributed by atoms with Gasteiger partial charge >= 0.3 is 0 Å². The van der Waals surface area contributed by atoms with Gasteiger partial charge in [0.1, 0.15) is 15.6 Å². The zero-order valence-electron chi connectivity index (χ0n) is 10.9. The molecule has 0 amide bonds. The lowest BCUT2D eigenvalue weighted by Crippen LogP contribution is -2.22. The van der Waals surface area contributed by atoms with E-state index >= 15 is 0 Å². The van der Waals surface area contributed by atoms with Crippen molar-refractivity contribution in [2.24, 2.45) is 11.8 Å². The van der Waals surface area contributed by atoms with Gasteiger partial charge < -0.3 is 0 Å². The second-order valence-corrected chi connectivity index (χ2v) is 7.59. The first kappa shape index (κ1) is 14.7. The molecule has 4 heteroatoms. The molecule has 0 heterocycles. The molecule has 1 aliphatic carbocycles. The molecule has 17 heavy (non-hydrogen) atoms. The summed E-state index contributed by atoms with van der Waals surface area (Å²) in [6.07, 6.45) is 7.73. The Labute approximate surface area is 105 Å². The molecular weight excluding hydrogens is 236 g/mol. The Bertz CT molecular complexity index is 338. The van der Waals surface area contributed by atoms with Crippen molar-refractivity contribution in [2.45, 2.75) is 51.9 Å². The Morgan fingerprint density at radius 1 is 1.18 bits per heavy atom. The molecule has 0 aromatic carbocycles. The molecule has 0 N–H and O–H groups in total. The average molecular weight is 260 g/mol. The van der Waals surface area contributed by atoms with Gasteiger partial charge in [0.25, 0.3) is 0 Å². The third kappa shape index (κ3) is 5.66. The molecule has 1 saturated carbocycles. The van der Waals surface area contributed by atoms with Crippen LogP contribution >= 0.6 is 0 Å². The highest BCUT2D eigenvalue weighted by Gasteiger charge is 2.24. The quantitative estimate of drug-likeness (QED) is 0.737. The van der Waals surface area contributed by atoms with Gasteiger partial charge in [0.05, 0.1) is 5.75 Å². The molecule has 0 spiro atoms. The SMILES string of the molecule is CCC1CCC(C(=O)CCCS(C)(=O)=O)CC1. The first-order valence-electron chi connectivity index (χ1n) is 6.62. The largest absolute Gasteiger partial charge is 0.299 e. The van der Waals surface area contributed by atoms with Crippen molar-refractivity contribution < 1.29 is 13.2 Å². The number of Topliss-reactive ketones (excluding diaryl/α,β-unsaturated/α-hetero) is 1. The van der Waals surface area contributed by atoms with Crippen LogP contribution in [0.1, 0.15) is 51.9 Å². The zero-order valence-corrected chi connectivity index (χ0v) is 11.8. The summed E-state index contributed by atoms with van der Waals surface area (Å²) in [5, 5.41) is 0. The summed E-state index contributed by atoms with van der Waals surface area (Å²) in [5.74, 6) is 1.43. The third-order valence-electron chi connectivity index (χ3n) is 3.82. The van der Waals surface area contributed by atoms with Crippen molar-refractivity contribution in [2.75, 3.05) is 12.0 Å². The molecule has 1 fully saturated rings. The standard InChI is InChI=1S/C13H24O3S/c1-3-11-6-8-12(9-7-11)13(14)5-4-10-17(2,15)16/h11-12H,3-10H2,1-2H3. The fourth-order valence-corrected chi connectivity index (χ4v) is 3.27. The molecule has 0 bridgehead atoms. The number of carbonyl (C=O) groups excluding carboxylic acids is 1. The highest BCUT2D eigenvalue weighted by molar-refractivity contribution is 7.90. The van der Waals surface area contributed by atoms with Crippen LogP contribution in [0.25, 0.3) is 0 Å². The maximum absolute atomic E-state index is 11.9. The predicted octanol–water partition coefficient (Wildman–Crippen LogP) is 2.60. The third-order valence-corrected chi connectivity index (χ3v) is 4.85. The number of sulfone groups is 1. The van der Waals surface area contributed by atoms with Gasteiger partial charge in [-0.2, -0.15) is 0 Å². The Balaban J connectivity index is 2.25. The van der Waals surface area contributed by atoms with Gasteiger partial charge in [0, 0.05) is 18.6 Å². The van der Waals surface area contributed by atoms with E-state index in [1.165, 1.54) is 25.5 Å². The van der Waals surface area contributed by atoms with E-state index in [0.29, 0.717) is 12.8 Å². The number of carbonyl (C=O) groups is 1. The predicted molar refractivity (Wildman–Crippen MR) is 69.7 cm³/mol. The smallest absolute Gasteiger partial charge is 0.147 e. The summed E-state index contributed by atoms with van der Waals surface area (Å²) in [7, 11) is -2.92. The van der Waals surface area contributed by atoms with Gasteiger partial charge in [0.15, 0.2) is 0 Å². The van der Waals surface area contributed by atoms with Gasteiger partial charge in [-0.05, 0) is 38.0 Å². The summed E-state index contributed by atoms with van der Waals surface area (Å²) >= 11 is 0. The molecule has 0 aromatic heterocycles.